The van der Waals surface area contributed by atoms with Crippen molar-refractivity contribution < 1.29 is 4.79 Å². The summed E-state index contributed by atoms with van der Waals surface area (Å²) in [5.74, 6) is -0.0471. The minimum absolute atomic E-state index is 0.0528. The Kier molecular flexibility index (Phi) is 5.49. The van der Waals surface area contributed by atoms with Gasteiger partial charge < -0.3 is 10.2 Å². The summed E-state index contributed by atoms with van der Waals surface area (Å²) in [6, 6.07) is 15.0. The summed E-state index contributed by atoms with van der Waals surface area (Å²) in [5.41, 5.74) is 3.99. The van der Waals surface area contributed by atoms with Gasteiger partial charge in [-0.1, -0.05) is 30.7 Å². The summed E-state index contributed by atoms with van der Waals surface area (Å²) in [6.07, 6.45) is 2.68. The van der Waals surface area contributed by atoms with Gasteiger partial charge in [-0.25, -0.2) is 0 Å². The number of nitrogens with zero attached hydrogens (tertiary/aromatic N) is 2. The van der Waals surface area contributed by atoms with E-state index in [1.54, 1.807) is 30.3 Å². The van der Waals surface area contributed by atoms with Crippen LogP contribution in [-0.4, -0.2) is 18.5 Å². The van der Waals surface area contributed by atoms with E-state index in [0.29, 0.717) is 16.6 Å². The van der Waals surface area contributed by atoms with Gasteiger partial charge in [-0.3, -0.25) is 4.79 Å². The van der Waals surface area contributed by atoms with E-state index in [1.807, 2.05) is 12.1 Å². The van der Waals surface area contributed by atoms with Crippen molar-refractivity contribution in [1.29, 1.82) is 5.26 Å². The van der Waals surface area contributed by atoms with Gasteiger partial charge in [0.2, 0.25) is 0 Å². The first-order valence-electron chi connectivity index (χ1n) is 9.28. The summed E-state index contributed by atoms with van der Waals surface area (Å²) in [6.45, 7) is 6.71. The van der Waals surface area contributed by atoms with E-state index in [-0.39, 0.29) is 11.1 Å². The standard InChI is InChI=1S/C23H24ClN3O/c1-15-13-23(2,3)27(4)21-9-8-16(11-20(15)21)10-17(14-25)22(28)26-19-7-5-6-18(24)12-19/h5-12,15H,13H2,1-4H3,(H,26,28)/b17-10-. The van der Waals surface area contributed by atoms with Gasteiger partial charge in [-0.05, 0) is 73.7 Å². The molecule has 0 saturated heterocycles. The molecule has 1 atom stereocenters. The third kappa shape index (κ3) is 4.05. The summed E-state index contributed by atoms with van der Waals surface area (Å²) in [5, 5.41) is 12.7. The monoisotopic (exact) mass is 393 g/mol. The third-order valence-corrected chi connectivity index (χ3v) is 5.65. The highest BCUT2D eigenvalue weighted by atomic mass is 35.5. The predicted molar refractivity (Wildman–Crippen MR) is 116 cm³/mol. The summed E-state index contributed by atoms with van der Waals surface area (Å²) in [4.78, 5) is 14.8. The molecule has 1 heterocycles. The largest absolute Gasteiger partial charge is 0.369 e. The SMILES string of the molecule is CC1CC(C)(C)N(C)c2ccc(/C=C(/C#N)C(=O)Nc3cccc(Cl)c3)cc21. The molecule has 1 unspecified atom stereocenters. The molecule has 0 fully saturated rings. The fourth-order valence-electron chi connectivity index (χ4n) is 3.77. The van der Waals surface area contributed by atoms with Gasteiger partial charge in [-0.15, -0.1) is 0 Å². The Hall–Kier alpha value is -2.77. The van der Waals surface area contributed by atoms with E-state index in [9.17, 15) is 10.1 Å². The Labute approximate surface area is 171 Å². The first-order valence-corrected chi connectivity index (χ1v) is 9.65. The molecule has 0 bridgehead atoms. The topological polar surface area (TPSA) is 56.1 Å². The van der Waals surface area contributed by atoms with E-state index in [1.165, 1.54) is 11.3 Å². The average molecular weight is 394 g/mol. The normalized spacial score (nSPS) is 18.2. The lowest BCUT2D eigenvalue weighted by atomic mass is 9.80. The zero-order valence-corrected chi connectivity index (χ0v) is 17.3. The summed E-state index contributed by atoms with van der Waals surface area (Å²) < 4.78 is 0. The van der Waals surface area contributed by atoms with Crippen LogP contribution in [0.5, 0.6) is 0 Å². The molecule has 2 aromatic rings. The van der Waals surface area contributed by atoms with Crippen LogP contribution in [0.15, 0.2) is 48.0 Å². The van der Waals surface area contributed by atoms with Gasteiger partial charge in [0.15, 0.2) is 0 Å². The molecule has 0 spiro atoms. The van der Waals surface area contributed by atoms with E-state index in [2.05, 4.69) is 50.2 Å². The molecule has 0 saturated carbocycles. The highest BCUT2D eigenvalue weighted by Crippen LogP contribution is 2.42. The number of fused-ring (bicyclic) bond motifs is 1. The molecular weight excluding hydrogens is 370 g/mol. The van der Waals surface area contributed by atoms with Crippen molar-refractivity contribution in [2.75, 3.05) is 17.3 Å². The van der Waals surface area contributed by atoms with Crippen molar-refractivity contribution in [3.05, 3.63) is 64.2 Å². The number of hydrogen-bond acceptors (Lipinski definition) is 3. The number of nitriles is 1. The first kappa shape index (κ1) is 20.0. The maximum Gasteiger partial charge on any atom is 0.266 e. The van der Waals surface area contributed by atoms with Crippen molar-refractivity contribution >= 4 is 35.0 Å². The lowest BCUT2D eigenvalue weighted by molar-refractivity contribution is -0.112. The zero-order chi connectivity index (χ0) is 20.5. The van der Waals surface area contributed by atoms with Gasteiger partial charge in [0.05, 0.1) is 0 Å². The number of amides is 1. The molecule has 3 rings (SSSR count). The number of carbonyl (C=O) groups excluding carboxylic acids is 1. The number of benzene rings is 2. The number of carbonyl (C=O) groups is 1. The quantitative estimate of drug-likeness (QED) is 0.544. The van der Waals surface area contributed by atoms with Crippen LogP contribution in [0.25, 0.3) is 6.08 Å². The molecule has 4 nitrogen and oxygen atoms in total. The van der Waals surface area contributed by atoms with Gasteiger partial charge in [-0.2, -0.15) is 5.26 Å². The minimum Gasteiger partial charge on any atom is -0.369 e. The fraction of sp³-hybridized carbons (Fsp3) is 0.304. The van der Waals surface area contributed by atoms with E-state index in [0.717, 1.165) is 12.0 Å². The number of nitrogens with one attached hydrogen (secondary N) is 1. The van der Waals surface area contributed by atoms with Crippen LogP contribution >= 0.6 is 11.6 Å². The van der Waals surface area contributed by atoms with Crippen molar-refractivity contribution in [3.63, 3.8) is 0 Å². The second-order valence-electron chi connectivity index (χ2n) is 7.93. The fourth-order valence-corrected chi connectivity index (χ4v) is 3.96. The number of rotatable bonds is 3. The molecule has 28 heavy (non-hydrogen) atoms. The van der Waals surface area contributed by atoms with Crippen LogP contribution < -0.4 is 10.2 Å². The Balaban J connectivity index is 1.88. The second kappa shape index (κ2) is 7.69. The van der Waals surface area contributed by atoms with Crippen LogP contribution in [-0.2, 0) is 4.79 Å². The maximum atomic E-state index is 12.5. The van der Waals surface area contributed by atoms with Gasteiger partial charge in [0, 0.05) is 29.0 Å². The zero-order valence-electron chi connectivity index (χ0n) is 16.6. The van der Waals surface area contributed by atoms with Gasteiger partial charge in [0.25, 0.3) is 5.91 Å². The average Bonchev–Trinajstić information content (AvgIpc) is 2.64. The molecule has 1 amide bonds. The van der Waals surface area contributed by atoms with Crippen LogP contribution in [0.3, 0.4) is 0 Å². The molecule has 0 radical (unpaired) electrons. The second-order valence-corrected chi connectivity index (χ2v) is 8.37. The van der Waals surface area contributed by atoms with E-state index < -0.39 is 5.91 Å². The number of halogens is 1. The summed E-state index contributed by atoms with van der Waals surface area (Å²) in [7, 11) is 2.11. The van der Waals surface area contributed by atoms with Crippen LogP contribution in [0.4, 0.5) is 11.4 Å². The third-order valence-electron chi connectivity index (χ3n) is 5.42. The smallest absolute Gasteiger partial charge is 0.266 e. The van der Waals surface area contributed by atoms with E-state index in [4.69, 9.17) is 11.6 Å². The molecule has 2 aromatic carbocycles. The van der Waals surface area contributed by atoms with Gasteiger partial charge >= 0.3 is 0 Å². The van der Waals surface area contributed by atoms with Crippen LogP contribution in [0, 0.1) is 11.3 Å². The van der Waals surface area contributed by atoms with Crippen LogP contribution in [0.2, 0.25) is 5.02 Å². The molecule has 1 aliphatic rings. The Morgan fingerprint density at radius 3 is 2.75 bits per heavy atom. The number of hydrogen-bond donors (Lipinski definition) is 1. The van der Waals surface area contributed by atoms with Crippen molar-refractivity contribution in [2.24, 2.45) is 0 Å². The first-order chi connectivity index (χ1) is 13.2. The summed E-state index contributed by atoms with van der Waals surface area (Å²) >= 11 is 5.95. The van der Waals surface area contributed by atoms with E-state index >= 15 is 0 Å². The molecule has 1 N–H and O–H groups in total. The van der Waals surface area contributed by atoms with Gasteiger partial charge in [0.1, 0.15) is 11.6 Å². The Bertz CT molecular complexity index is 988. The number of anilines is 2. The molecular formula is C23H24ClN3O. The highest BCUT2D eigenvalue weighted by molar-refractivity contribution is 6.31. The molecule has 0 aromatic heterocycles. The highest BCUT2D eigenvalue weighted by Gasteiger charge is 2.33. The molecule has 0 aliphatic carbocycles. The molecule has 5 heteroatoms. The minimum atomic E-state index is -0.450. The lowest BCUT2D eigenvalue weighted by Gasteiger charge is -2.45. The van der Waals surface area contributed by atoms with Crippen molar-refractivity contribution in [1.82, 2.24) is 0 Å². The maximum absolute atomic E-state index is 12.5. The van der Waals surface area contributed by atoms with Crippen molar-refractivity contribution in [3.8, 4) is 6.07 Å². The van der Waals surface area contributed by atoms with Crippen molar-refractivity contribution in [2.45, 2.75) is 38.6 Å². The lowest BCUT2D eigenvalue weighted by Crippen LogP contribution is -2.45. The predicted octanol–water partition coefficient (Wildman–Crippen LogP) is 5.61. The Morgan fingerprint density at radius 2 is 2.07 bits per heavy atom. The molecule has 1 aliphatic heterocycles. The van der Waals surface area contributed by atoms with Crippen LogP contribution in [0.1, 0.15) is 44.2 Å². The Morgan fingerprint density at radius 1 is 1.32 bits per heavy atom. The molecule has 144 valence electrons.